The highest BCUT2D eigenvalue weighted by Gasteiger charge is 2.51. The normalized spacial score (nSPS) is 12.9. The maximum atomic E-state index is 6.66. The van der Waals surface area contributed by atoms with Crippen LogP contribution < -0.4 is 4.74 Å². The molecule has 2 aliphatic rings. The summed E-state index contributed by atoms with van der Waals surface area (Å²) in [6, 6.07) is 68.2. The number of pyridine rings is 1. The Hall–Kier alpha value is -7.43. The minimum Gasteiger partial charge on any atom is -0.457 e. The van der Waals surface area contributed by atoms with E-state index in [0.717, 1.165) is 62.0 Å². The van der Waals surface area contributed by atoms with Crippen molar-refractivity contribution < 1.29 is 4.74 Å². The Bertz CT molecular complexity index is 2880. The molecule has 11 rings (SSSR count). The molecule has 0 radical (unpaired) electrons. The fourth-order valence-corrected chi connectivity index (χ4v) is 8.67. The highest BCUT2D eigenvalue weighted by Crippen LogP contribution is 2.62. The van der Waals surface area contributed by atoms with Gasteiger partial charge in [0, 0.05) is 39.6 Å². The fourth-order valence-electron chi connectivity index (χ4n) is 8.67. The summed E-state index contributed by atoms with van der Waals surface area (Å²) in [5.74, 6) is 2.40. The number of nitrogens with zero attached hydrogens (tertiary/aromatic N) is 3. The van der Waals surface area contributed by atoms with Gasteiger partial charge in [-0.15, -0.1) is 0 Å². The second-order valence-electron chi connectivity index (χ2n) is 14.4. The van der Waals surface area contributed by atoms with Gasteiger partial charge in [-0.25, -0.2) is 9.97 Å². The summed E-state index contributed by atoms with van der Waals surface area (Å²) in [5.41, 5.74) is 15.5. The van der Waals surface area contributed by atoms with Crippen molar-refractivity contribution in [1.82, 2.24) is 15.0 Å². The smallest absolute Gasteiger partial charge is 0.160 e. The Kier molecular flexibility index (Phi) is 7.36. The highest BCUT2D eigenvalue weighted by molar-refractivity contribution is 5.92. The van der Waals surface area contributed by atoms with Crippen molar-refractivity contribution in [3.05, 3.63) is 223 Å². The van der Waals surface area contributed by atoms with E-state index in [0.29, 0.717) is 5.82 Å². The minimum atomic E-state index is -0.651. The molecule has 0 saturated carbocycles. The van der Waals surface area contributed by atoms with Gasteiger partial charge in [-0.1, -0.05) is 152 Å². The number of ether oxygens (including phenoxy) is 1. The first kappa shape index (κ1) is 32.0. The molecule has 4 heteroatoms. The van der Waals surface area contributed by atoms with E-state index in [9.17, 15) is 0 Å². The minimum absolute atomic E-state index is 0.651. The van der Waals surface area contributed by atoms with Gasteiger partial charge in [0.1, 0.15) is 11.5 Å². The summed E-state index contributed by atoms with van der Waals surface area (Å²) in [6.45, 7) is 0. The Balaban J connectivity index is 1.14. The molecule has 7 aromatic carbocycles. The third-order valence-corrected chi connectivity index (χ3v) is 11.2. The molecule has 1 aliphatic carbocycles. The van der Waals surface area contributed by atoms with E-state index in [-0.39, 0.29) is 0 Å². The van der Waals surface area contributed by atoms with E-state index in [1.54, 1.807) is 0 Å². The topological polar surface area (TPSA) is 47.9 Å². The summed E-state index contributed by atoms with van der Waals surface area (Å²) in [5, 5.41) is 0. The van der Waals surface area contributed by atoms with E-state index < -0.39 is 5.41 Å². The third kappa shape index (κ3) is 5.04. The first-order valence-corrected chi connectivity index (χ1v) is 18.9. The van der Waals surface area contributed by atoms with Gasteiger partial charge in [-0.05, 0) is 75.8 Å². The number of hydrogen-bond acceptors (Lipinski definition) is 4. The predicted molar refractivity (Wildman–Crippen MR) is 224 cm³/mol. The molecule has 3 heterocycles. The molecule has 0 bridgehead atoms. The SMILES string of the molecule is c1ccc(-c2ccc(-c3cc(-c4ccc5c(c4)C4(c6ccccc6Oc6ccccc64)c4cc(-c6ccccn6)ccc4-5)nc(-c4ccccc4)n3)cc2)cc1. The number of para-hydroxylation sites is 2. The van der Waals surface area contributed by atoms with Crippen molar-refractivity contribution in [1.29, 1.82) is 0 Å². The first-order chi connectivity index (χ1) is 27.7. The zero-order valence-corrected chi connectivity index (χ0v) is 30.3. The maximum absolute atomic E-state index is 6.66. The summed E-state index contributed by atoms with van der Waals surface area (Å²) in [7, 11) is 0. The molecule has 4 nitrogen and oxygen atoms in total. The Morgan fingerprint density at radius 3 is 1.43 bits per heavy atom. The van der Waals surface area contributed by atoms with Crippen molar-refractivity contribution in [2.45, 2.75) is 5.41 Å². The van der Waals surface area contributed by atoms with Gasteiger partial charge in [0.25, 0.3) is 0 Å². The van der Waals surface area contributed by atoms with Gasteiger partial charge in [0.2, 0.25) is 0 Å². The van der Waals surface area contributed by atoms with Crippen LogP contribution in [-0.4, -0.2) is 15.0 Å². The Morgan fingerprint density at radius 1 is 0.339 bits per heavy atom. The van der Waals surface area contributed by atoms with E-state index >= 15 is 0 Å². The quantitative estimate of drug-likeness (QED) is 0.178. The second-order valence-corrected chi connectivity index (χ2v) is 14.4. The lowest BCUT2D eigenvalue weighted by Gasteiger charge is -2.39. The van der Waals surface area contributed by atoms with Crippen LogP contribution in [0.2, 0.25) is 0 Å². The van der Waals surface area contributed by atoms with Crippen LogP contribution in [0, 0.1) is 0 Å². The summed E-state index contributed by atoms with van der Waals surface area (Å²) in [4.78, 5) is 15.2. The predicted octanol–water partition coefficient (Wildman–Crippen LogP) is 12.7. The monoisotopic (exact) mass is 715 g/mol. The Labute approximate surface area is 325 Å². The lowest BCUT2D eigenvalue weighted by Crippen LogP contribution is -2.32. The lowest BCUT2D eigenvalue weighted by molar-refractivity contribution is 0.436. The number of benzene rings is 7. The van der Waals surface area contributed by atoms with Crippen LogP contribution in [0.5, 0.6) is 11.5 Å². The average molecular weight is 716 g/mol. The number of aromatic nitrogens is 3. The summed E-state index contributed by atoms with van der Waals surface area (Å²) >= 11 is 0. The molecular weight excluding hydrogens is 683 g/mol. The van der Waals surface area contributed by atoms with Crippen molar-refractivity contribution in [3.63, 3.8) is 0 Å². The van der Waals surface area contributed by atoms with Crippen LogP contribution in [-0.2, 0) is 5.41 Å². The van der Waals surface area contributed by atoms with Gasteiger partial charge in [0.15, 0.2) is 5.82 Å². The van der Waals surface area contributed by atoms with Gasteiger partial charge in [-0.2, -0.15) is 0 Å². The first-order valence-electron chi connectivity index (χ1n) is 18.9. The summed E-state index contributed by atoms with van der Waals surface area (Å²) < 4.78 is 6.66. The molecule has 0 atom stereocenters. The van der Waals surface area contributed by atoms with Crippen LogP contribution in [0.1, 0.15) is 22.3 Å². The number of hydrogen-bond donors (Lipinski definition) is 0. The molecule has 2 aromatic heterocycles. The largest absolute Gasteiger partial charge is 0.457 e. The van der Waals surface area contributed by atoms with E-state index in [1.165, 1.54) is 33.4 Å². The van der Waals surface area contributed by atoms with Crippen molar-refractivity contribution in [2.75, 3.05) is 0 Å². The van der Waals surface area contributed by atoms with Crippen LogP contribution in [0.3, 0.4) is 0 Å². The van der Waals surface area contributed by atoms with Crippen LogP contribution in [0.25, 0.3) is 67.4 Å². The lowest BCUT2D eigenvalue weighted by atomic mass is 9.65. The highest BCUT2D eigenvalue weighted by atomic mass is 16.5. The van der Waals surface area contributed by atoms with Gasteiger partial charge >= 0.3 is 0 Å². The molecule has 0 saturated heterocycles. The maximum Gasteiger partial charge on any atom is 0.160 e. The third-order valence-electron chi connectivity index (χ3n) is 11.2. The standard InChI is InChI=1S/C52H33N3O/c1-3-13-34(14-4-1)35-22-24-36(25-23-35)47-33-48(55-51(54-47)37-15-5-2-6-16-37)39-27-29-41-40-28-26-38(46-19-11-12-30-53-46)31-44(40)52(45(41)32-39)42-17-7-9-20-49(42)56-50-21-10-8-18-43(50)52/h1-33H. The van der Waals surface area contributed by atoms with Gasteiger partial charge in [0.05, 0.1) is 22.5 Å². The molecule has 9 aromatic rings. The van der Waals surface area contributed by atoms with E-state index in [2.05, 4.69) is 158 Å². The average Bonchev–Trinajstić information content (AvgIpc) is 3.56. The molecule has 0 fully saturated rings. The van der Waals surface area contributed by atoms with Crippen LogP contribution >= 0.6 is 0 Å². The van der Waals surface area contributed by atoms with E-state index in [4.69, 9.17) is 19.7 Å². The van der Waals surface area contributed by atoms with Crippen LogP contribution in [0.15, 0.2) is 200 Å². The van der Waals surface area contributed by atoms with E-state index in [1.807, 2.05) is 42.6 Å². The van der Waals surface area contributed by atoms with Crippen molar-refractivity contribution >= 4 is 0 Å². The zero-order chi connectivity index (χ0) is 37.1. The molecule has 1 aliphatic heterocycles. The molecule has 56 heavy (non-hydrogen) atoms. The molecular formula is C52H33N3O. The van der Waals surface area contributed by atoms with Crippen molar-refractivity contribution in [3.8, 4) is 78.9 Å². The van der Waals surface area contributed by atoms with Gasteiger partial charge < -0.3 is 4.74 Å². The second kappa shape index (κ2) is 12.9. The number of rotatable bonds is 5. The fraction of sp³-hybridized carbons (Fsp3) is 0.0192. The molecule has 0 unspecified atom stereocenters. The summed E-state index contributed by atoms with van der Waals surface area (Å²) in [6.07, 6.45) is 1.86. The zero-order valence-electron chi connectivity index (χ0n) is 30.3. The molecule has 0 amide bonds. The molecule has 262 valence electrons. The van der Waals surface area contributed by atoms with Crippen LogP contribution in [0.4, 0.5) is 0 Å². The molecule has 1 spiro atoms. The Morgan fingerprint density at radius 2 is 0.821 bits per heavy atom. The van der Waals surface area contributed by atoms with Crippen molar-refractivity contribution in [2.24, 2.45) is 0 Å². The van der Waals surface area contributed by atoms with Gasteiger partial charge in [-0.3, -0.25) is 4.98 Å². The molecule has 0 N–H and O–H groups in total. The number of fused-ring (bicyclic) bond motifs is 9.